The minimum atomic E-state index is -0.683. The first kappa shape index (κ1) is 13.6. The number of imide groups is 1. The monoisotopic (exact) mass is 251 g/mol. The zero-order valence-corrected chi connectivity index (χ0v) is 9.97. The Morgan fingerprint density at radius 3 is 2.56 bits per heavy atom. The summed E-state index contributed by atoms with van der Waals surface area (Å²) >= 11 is 0. The molecule has 0 saturated heterocycles. The summed E-state index contributed by atoms with van der Waals surface area (Å²) in [4.78, 5) is 32.8. The highest BCUT2D eigenvalue weighted by Gasteiger charge is 2.14. The molecule has 96 valence electrons. The minimum Gasteiger partial charge on any atom is -0.336 e. The molecule has 0 spiro atoms. The van der Waals surface area contributed by atoms with Crippen LogP contribution in [-0.2, 0) is 0 Å². The molecule has 1 rings (SSSR count). The van der Waals surface area contributed by atoms with Crippen molar-refractivity contribution in [1.29, 1.82) is 0 Å². The number of hydrogen-bond acceptors (Lipinski definition) is 4. The fraction of sp³-hybridized carbons (Fsp3) is 0.273. The van der Waals surface area contributed by atoms with Gasteiger partial charge in [-0.05, 0) is 19.9 Å². The van der Waals surface area contributed by atoms with Gasteiger partial charge in [-0.3, -0.25) is 20.2 Å². The van der Waals surface area contributed by atoms with E-state index in [0.29, 0.717) is 0 Å². The third-order valence-electron chi connectivity index (χ3n) is 1.97. The zero-order valence-electron chi connectivity index (χ0n) is 9.97. The maximum Gasteiger partial charge on any atom is 0.321 e. The van der Waals surface area contributed by atoms with Gasteiger partial charge in [0.05, 0.1) is 4.92 Å². The lowest BCUT2D eigenvalue weighted by Crippen LogP contribution is -2.42. The largest absolute Gasteiger partial charge is 0.336 e. The molecule has 1 aromatic carbocycles. The number of carbonyl (C=O) groups excluding carboxylic acids is 2. The van der Waals surface area contributed by atoms with Gasteiger partial charge in [-0.15, -0.1) is 0 Å². The predicted octanol–water partition coefficient (Wildman–Crippen LogP) is 1.44. The molecule has 7 nitrogen and oxygen atoms in total. The molecule has 7 heteroatoms. The fourth-order valence-electron chi connectivity index (χ4n) is 1.23. The molecule has 0 aliphatic heterocycles. The molecular weight excluding hydrogens is 238 g/mol. The van der Waals surface area contributed by atoms with Gasteiger partial charge in [0, 0.05) is 23.7 Å². The Morgan fingerprint density at radius 1 is 1.33 bits per heavy atom. The summed E-state index contributed by atoms with van der Waals surface area (Å²) in [6.07, 6.45) is 0. The molecule has 0 heterocycles. The van der Waals surface area contributed by atoms with Crippen LogP contribution in [-0.4, -0.2) is 22.9 Å². The summed E-state index contributed by atoms with van der Waals surface area (Å²) in [6, 6.07) is 4.41. The summed E-state index contributed by atoms with van der Waals surface area (Å²) in [5, 5.41) is 15.1. The second-order valence-corrected chi connectivity index (χ2v) is 3.89. The Hall–Kier alpha value is -2.44. The van der Waals surface area contributed by atoms with E-state index in [-0.39, 0.29) is 17.3 Å². The number of nitrogens with one attached hydrogen (secondary N) is 2. The van der Waals surface area contributed by atoms with Crippen LogP contribution in [0, 0.1) is 10.1 Å². The highest BCUT2D eigenvalue weighted by molar-refractivity contribution is 6.04. The number of urea groups is 1. The van der Waals surface area contributed by atoms with Crippen LogP contribution in [0.15, 0.2) is 24.3 Å². The molecule has 0 aliphatic carbocycles. The Morgan fingerprint density at radius 2 is 2.00 bits per heavy atom. The van der Waals surface area contributed by atoms with Gasteiger partial charge in [-0.25, -0.2) is 4.79 Å². The molecule has 0 saturated carbocycles. The van der Waals surface area contributed by atoms with Gasteiger partial charge in [0.25, 0.3) is 11.6 Å². The summed E-state index contributed by atoms with van der Waals surface area (Å²) in [5.74, 6) is -0.683. The van der Waals surface area contributed by atoms with Crippen molar-refractivity contribution in [3.63, 3.8) is 0 Å². The first-order valence-electron chi connectivity index (χ1n) is 5.26. The molecule has 3 amide bonds. The van der Waals surface area contributed by atoms with Gasteiger partial charge in [0.1, 0.15) is 0 Å². The molecule has 2 N–H and O–H groups in total. The third-order valence-corrected chi connectivity index (χ3v) is 1.97. The minimum absolute atomic E-state index is 0.0584. The van der Waals surface area contributed by atoms with Crippen LogP contribution >= 0.6 is 0 Å². The van der Waals surface area contributed by atoms with Crippen LogP contribution in [0.2, 0.25) is 0 Å². The van der Waals surface area contributed by atoms with Crippen molar-refractivity contribution in [1.82, 2.24) is 10.6 Å². The summed E-state index contributed by atoms with van der Waals surface area (Å²) < 4.78 is 0. The molecule has 0 unspecified atom stereocenters. The highest BCUT2D eigenvalue weighted by atomic mass is 16.6. The zero-order chi connectivity index (χ0) is 13.7. The van der Waals surface area contributed by atoms with E-state index in [2.05, 4.69) is 10.6 Å². The van der Waals surface area contributed by atoms with Crippen LogP contribution in [0.1, 0.15) is 24.2 Å². The second kappa shape index (κ2) is 5.76. The van der Waals surface area contributed by atoms with Crippen LogP contribution in [0.25, 0.3) is 0 Å². The van der Waals surface area contributed by atoms with E-state index >= 15 is 0 Å². The fourth-order valence-corrected chi connectivity index (χ4v) is 1.23. The third kappa shape index (κ3) is 3.85. The maximum atomic E-state index is 11.6. The number of amides is 3. The van der Waals surface area contributed by atoms with Crippen molar-refractivity contribution in [2.24, 2.45) is 0 Å². The number of non-ortho nitro benzene ring substituents is 1. The van der Waals surface area contributed by atoms with E-state index in [9.17, 15) is 19.7 Å². The first-order chi connectivity index (χ1) is 8.40. The predicted molar refractivity (Wildman–Crippen MR) is 64.2 cm³/mol. The van der Waals surface area contributed by atoms with Crippen LogP contribution in [0.5, 0.6) is 0 Å². The molecule has 0 radical (unpaired) electrons. The smallest absolute Gasteiger partial charge is 0.321 e. The lowest BCUT2D eigenvalue weighted by atomic mass is 10.2. The molecule has 0 aliphatic rings. The van der Waals surface area contributed by atoms with Gasteiger partial charge in [0.2, 0.25) is 0 Å². The number of nitrogens with zero attached hydrogens (tertiary/aromatic N) is 1. The molecule has 0 atom stereocenters. The number of rotatable bonds is 3. The molecule has 0 aromatic heterocycles. The average molecular weight is 251 g/mol. The molecule has 1 aromatic rings. The van der Waals surface area contributed by atoms with Gasteiger partial charge in [-0.1, -0.05) is 6.07 Å². The van der Waals surface area contributed by atoms with Crippen molar-refractivity contribution in [2.45, 2.75) is 19.9 Å². The van der Waals surface area contributed by atoms with E-state index in [0.717, 1.165) is 6.07 Å². The van der Waals surface area contributed by atoms with Gasteiger partial charge in [-0.2, -0.15) is 0 Å². The van der Waals surface area contributed by atoms with Crippen LogP contribution < -0.4 is 10.6 Å². The van der Waals surface area contributed by atoms with Gasteiger partial charge < -0.3 is 5.32 Å². The van der Waals surface area contributed by atoms with E-state index in [4.69, 9.17) is 0 Å². The lowest BCUT2D eigenvalue weighted by molar-refractivity contribution is -0.384. The molecule has 0 fully saturated rings. The highest BCUT2D eigenvalue weighted by Crippen LogP contribution is 2.12. The number of hydrogen-bond donors (Lipinski definition) is 2. The van der Waals surface area contributed by atoms with Gasteiger partial charge in [0.15, 0.2) is 0 Å². The topological polar surface area (TPSA) is 101 Å². The van der Waals surface area contributed by atoms with E-state index in [1.54, 1.807) is 13.8 Å². The number of carbonyl (C=O) groups is 2. The maximum absolute atomic E-state index is 11.6. The Bertz CT molecular complexity index is 485. The Labute approximate surface area is 103 Å². The van der Waals surface area contributed by atoms with Gasteiger partial charge >= 0.3 is 6.03 Å². The second-order valence-electron chi connectivity index (χ2n) is 3.89. The van der Waals surface area contributed by atoms with Crippen molar-refractivity contribution in [2.75, 3.05) is 0 Å². The summed E-state index contributed by atoms with van der Waals surface area (Å²) in [7, 11) is 0. The number of nitro groups is 1. The normalized spacial score (nSPS) is 9.94. The van der Waals surface area contributed by atoms with Crippen molar-refractivity contribution in [3.05, 3.63) is 39.9 Å². The summed E-state index contributed by atoms with van der Waals surface area (Å²) in [6.45, 7) is 3.49. The van der Waals surface area contributed by atoms with Crippen molar-refractivity contribution < 1.29 is 14.5 Å². The lowest BCUT2D eigenvalue weighted by Gasteiger charge is -2.08. The number of benzene rings is 1. The molecule has 18 heavy (non-hydrogen) atoms. The average Bonchev–Trinajstić information content (AvgIpc) is 2.27. The molecule has 0 bridgehead atoms. The van der Waals surface area contributed by atoms with Crippen LogP contribution in [0.4, 0.5) is 10.5 Å². The van der Waals surface area contributed by atoms with Crippen molar-refractivity contribution in [3.8, 4) is 0 Å². The SMILES string of the molecule is CC(C)NC(=O)NC(=O)c1cccc([N+](=O)[O-])c1. The van der Waals surface area contributed by atoms with E-state index in [1.807, 2.05) is 0 Å². The number of nitro benzene ring substituents is 1. The Balaban J connectivity index is 2.75. The quantitative estimate of drug-likeness (QED) is 0.626. The van der Waals surface area contributed by atoms with Crippen molar-refractivity contribution >= 4 is 17.6 Å². The first-order valence-corrected chi connectivity index (χ1v) is 5.26. The van der Waals surface area contributed by atoms with Crippen LogP contribution in [0.3, 0.4) is 0 Å². The summed E-state index contributed by atoms with van der Waals surface area (Å²) in [5.41, 5.74) is -0.143. The van der Waals surface area contributed by atoms with E-state index in [1.165, 1.54) is 18.2 Å². The Kier molecular flexibility index (Phi) is 4.36. The van der Waals surface area contributed by atoms with E-state index < -0.39 is 16.9 Å². The standard InChI is InChI=1S/C11H13N3O4/c1-7(2)12-11(16)13-10(15)8-4-3-5-9(6-8)14(17)18/h3-7H,1-2H3,(H2,12,13,15,16). The molecular formula is C11H13N3O4.